The van der Waals surface area contributed by atoms with E-state index in [9.17, 15) is 4.79 Å². The number of H-pyrrole nitrogens is 1. The highest BCUT2D eigenvalue weighted by Crippen LogP contribution is 2.25. The fraction of sp³-hybridized carbons (Fsp3) is 0.333. The van der Waals surface area contributed by atoms with Crippen molar-refractivity contribution < 1.29 is 0 Å². The largest absolute Gasteiger partial charge is 0.360 e. The van der Waals surface area contributed by atoms with Gasteiger partial charge in [0, 0.05) is 29.4 Å². The van der Waals surface area contributed by atoms with E-state index in [4.69, 9.17) is 5.26 Å². The molecule has 1 aromatic rings. The van der Waals surface area contributed by atoms with Crippen LogP contribution in [0.2, 0.25) is 0 Å². The zero-order valence-corrected chi connectivity index (χ0v) is 11.2. The van der Waals surface area contributed by atoms with Crippen molar-refractivity contribution in [3.05, 3.63) is 45.4 Å². The Kier molecular flexibility index (Phi) is 3.68. The Morgan fingerprint density at radius 2 is 2.16 bits per heavy atom. The van der Waals surface area contributed by atoms with Crippen LogP contribution in [0.1, 0.15) is 30.7 Å². The molecule has 1 aromatic heterocycles. The quantitative estimate of drug-likeness (QED) is 0.866. The number of aromatic nitrogens is 1. The molecular formula is C15H17N3O. The molecule has 0 fully saturated rings. The van der Waals surface area contributed by atoms with Crippen LogP contribution >= 0.6 is 0 Å². The summed E-state index contributed by atoms with van der Waals surface area (Å²) in [5, 5.41) is 12.2. The Labute approximate surface area is 112 Å². The number of hydrogen-bond acceptors (Lipinski definition) is 3. The molecule has 0 spiro atoms. The summed E-state index contributed by atoms with van der Waals surface area (Å²) in [5.74, 6) is 0. The number of fused-ring (bicyclic) bond motifs is 1. The van der Waals surface area contributed by atoms with Crippen molar-refractivity contribution in [3.8, 4) is 6.07 Å². The van der Waals surface area contributed by atoms with E-state index in [0.717, 1.165) is 18.8 Å². The van der Waals surface area contributed by atoms with Crippen LogP contribution in [0.4, 0.5) is 0 Å². The van der Waals surface area contributed by atoms with E-state index in [1.807, 2.05) is 24.3 Å². The molecule has 4 nitrogen and oxygen atoms in total. The maximum atomic E-state index is 12.1. The molecule has 1 atom stereocenters. The highest BCUT2D eigenvalue weighted by molar-refractivity contribution is 5.67. The van der Waals surface area contributed by atoms with Crippen molar-refractivity contribution in [2.45, 2.75) is 13.8 Å². The van der Waals surface area contributed by atoms with Gasteiger partial charge in [-0.15, -0.1) is 0 Å². The molecule has 0 saturated heterocycles. The molecule has 1 heterocycles. The number of nitrogens with zero attached hydrogens (tertiary/aromatic N) is 1. The summed E-state index contributed by atoms with van der Waals surface area (Å²) in [6.07, 6.45) is 9.27. The second-order valence-electron chi connectivity index (χ2n) is 4.92. The third-order valence-electron chi connectivity index (χ3n) is 3.29. The average Bonchev–Trinajstić information content (AvgIpc) is 2.58. The van der Waals surface area contributed by atoms with Crippen LogP contribution in [0.5, 0.6) is 0 Å². The second-order valence-corrected chi connectivity index (χ2v) is 4.92. The molecule has 1 aliphatic rings. The van der Waals surface area contributed by atoms with E-state index in [1.54, 1.807) is 0 Å². The first-order valence-corrected chi connectivity index (χ1v) is 6.34. The monoisotopic (exact) mass is 255 g/mol. The summed E-state index contributed by atoms with van der Waals surface area (Å²) in [6, 6.07) is 1.91. The molecule has 19 heavy (non-hydrogen) atoms. The summed E-state index contributed by atoms with van der Waals surface area (Å²) < 4.78 is 0. The topological polar surface area (TPSA) is 68.7 Å². The fourth-order valence-corrected chi connectivity index (χ4v) is 2.06. The summed E-state index contributed by atoms with van der Waals surface area (Å²) in [5.41, 5.74) is 1.09. The van der Waals surface area contributed by atoms with Crippen LogP contribution < -0.4 is 10.7 Å². The number of nitriles is 1. The van der Waals surface area contributed by atoms with E-state index in [-0.39, 0.29) is 16.4 Å². The lowest BCUT2D eigenvalue weighted by molar-refractivity contribution is 0.499. The second kappa shape index (κ2) is 5.25. The van der Waals surface area contributed by atoms with Crippen LogP contribution in [0.25, 0.3) is 12.2 Å². The maximum absolute atomic E-state index is 12.1. The average molecular weight is 255 g/mol. The molecule has 0 amide bonds. The minimum atomic E-state index is -0.218. The third-order valence-corrected chi connectivity index (χ3v) is 3.29. The zero-order chi connectivity index (χ0) is 13.9. The van der Waals surface area contributed by atoms with Gasteiger partial charge in [0.05, 0.1) is 0 Å². The molecule has 1 unspecified atom stereocenters. The first kappa shape index (κ1) is 13.3. The van der Waals surface area contributed by atoms with E-state index in [1.165, 1.54) is 6.20 Å². The number of rotatable bonds is 3. The van der Waals surface area contributed by atoms with E-state index < -0.39 is 0 Å². The van der Waals surface area contributed by atoms with Gasteiger partial charge in [-0.3, -0.25) is 4.79 Å². The number of aromatic amines is 1. The van der Waals surface area contributed by atoms with Crippen molar-refractivity contribution in [1.82, 2.24) is 10.3 Å². The van der Waals surface area contributed by atoms with Crippen molar-refractivity contribution in [2.75, 3.05) is 13.1 Å². The molecule has 98 valence electrons. The van der Waals surface area contributed by atoms with Gasteiger partial charge in [0.1, 0.15) is 11.6 Å². The summed E-state index contributed by atoms with van der Waals surface area (Å²) in [7, 11) is 0. The van der Waals surface area contributed by atoms with Crippen LogP contribution in [-0.4, -0.2) is 18.1 Å². The molecule has 1 aliphatic carbocycles. The zero-order valence-electron chi connectivity index (χ0n) is 11.2. The van der Waals surface area contributed by atoms with Gasteiger partial charge in [-0.2, -0.15) is 5.26 Å². The Hall–Kier alpha value is -2.12. The highest BCUT2D eigenvalue weighted by atomic mass is 16.1. The lowest BCUT2D eigenvalue weighted by Crippen LogP contribution is -2.28. The van der Waals surface area contributed by atoms with E-state index in [0.29, 0.717) is 5.56 Å². The van der Waals surface area contributed by atoms with Gasteiger partial charge in [-0.25, -0.2) is 0 Å². The van der Waals surface area contributed by atoms with Gasteiger partial charge < -0.3 is 10.3 Å². The molecule has 0 bridgehead atoms. The van der Waals surface area contributed by atoms with Gasteiger partial charge in [-0.1, -0.05) is 32.1 Å². The van der Waals surface area contributed by atoms with Gasteiger partial charge in [0.25, 0.3) is 0 Å². The molecule has 0 radical (unpaired) electrons. The molecule has 0 aliphatic heterocycles. The van der Waals surface area contributed by atoms with Crippen LogP contribution in [0.3, 0.4) is 0 Å². The molecular weight excluding hydrogens is 238 g/mol. The smallest absolute Gasteiger partial charge is 0.207 e. The molecule has 0 aromatic carbocycles. The van der Waals surface area contributed by atoms with E-state index >= 15 is 0 Å². The van der Waals surface area contributed by atoms with Crippen molar-refractivity contribution in [1.29, 1.82) is 5.26 Å². The number of nitrogens with one attached hydrogen (secondary N) is 2. The highest BCUT2D eigenvalue weighted by Gasteiger charge is 2.20. The summed E-state index contributed by atoms with van der Waals surface area (Å²) >= 11 is 0. The Balaban J connectivity index is 2.45. The fourth-order valence-electron chi connectivity index (χ4n) is 2.06. The van der Waals surface area contributed by atoms with Crippen molar-refractivity contribution in [3.63, 3.8) is 0 Å². The Morgan fingerprint density at radius 1 is 1.42 bits per heavy atom. The van der Waals surface area contributed by atoms with Gasteiger partial charge in [-0.05, 0) is 12.6 Å². The normalized spacial score (nSPS) is 20.7. The number of pyridine rings is 1. The molecule has 2 rings (SSSR count). The lowest BCUT2D eigenvalue weighted by atomic mass is 9.90. The Bertz CT molecular complexity index is 634. The predicted octanol–water partition coefficient (Wildman–Crippen LogP) is 1.90. The van der Waals surface area contributed by atoms with Gasteiger partial charge in [0.2, 0.25) is 5.43 Å². The van der Waals surface area contributed by atoms with Crippen molar-refractivity contribution in [2.24, 2.45) is 5.41 Å². The standard InChI is InChI=1S/C15H17N3O/c1-3-17-10-15(2)6-4-12-13(5-7-15)18-9-11(8-16)14(12)19/h4-7,9,17H,3,10H2,1-2H3,(H,18,19). The SMILES string of the molecule is CCNCC1(C)C=Cc2[nH]cc(C#N)c(=O)c2C=C1. The van der Waals surface area contributed by atoms with Crippen LogP contribution in [-0.2, 0) is 0 Å². The third kappa shape index (κ3) is 2.67. The van der Waals surface area contributed by atoms with Crippen LogP contribution in [0, 0.1) is 16.7 Å². The first-order valence-electron chi connectivity index (χ1n) is 6.34. The van der Waals surface area contributed by atoms with E-state index in [2.05, 4.69) is 30.2 Å². The van der Waals surface area contributed by atoms with Crippen LogP contribution in [0.15, 0.2) is 23.1 Å². The maximum Gasteiger partial charge on any atom is 0.207 e. The minimum Gasteiger partial charge on any atom is -0.360 e. The lowest BCUT2D eigenvalue weighted by Gasteiger charge is -2.21. The number of hydrogen-bond donors (Lipinski definition) is 2. The minimum absolute atomic E-state index is 0.137. The summed E-state index contributed by atoms with van der Waals surface area (Å²) in [4.78, 5) is 15.1. The Morgan fingerprint density at radius 3 is 2.84 bits per heavy atom. The van der Waals surface area contributed by atoms with Gasteiger partial charge in [0.15, 0.2) is 0 Å². The molecule has 2 N–H and O–H groups in total. The van der Waals surface area contributed by atoms with Gasteiger partial charge >= 0.3 is 0 Å². The summed E-state index contributed by atoms with van der Waals surface area (Å²) in [6.45, 7) is 5.88. The first-order chi connectivity index (χ1) is 9.09. The predicted molar refractivity (Wildman–Crippen MR) is 76.5 cm³/mol. The van der Waals surface area contributed by atoms with Crippen molar-refractivity contribution >= 4 is 12.2 Å². The molecule has 0 saturated carbocycles. The molecule has 4 heteroatoms.